The fourth-order valence-corrected chi connectivity index (χ4v) is 2.04. The van der Waals surface area contributed by atoms with Crippen LogP contribution >= 0.6 is 0 Å². The third-order valence-corrected chi connectivity index (χ3v) is 2.86. The van der Waals surface area contributed by atoms with Gasteiger partial charge in [0.1, 0.15) is 5.82 Å². The summed E-state index contributed by atoms with van der Waals surface area (Å²) in [7, 11) is 0. The molecule has 1 heterocycles. The van der Waals surface area contributed by atoms with E-state index in [1.807, 2.05) is 0 Å². The van der Waals surface area contributed by atoms with Crippen LogP contribution < -0.4 is 5.32 Å². The summed E-state index contributed by atoms with van der Waals surface area (Å²) in [6, 6.07) is 0.890. The van der Waals surface area contributed by atoms with Gasteiger partial charge in [0.05, 0.1) is 5.56 Å². The Morgan fingerprint density at radius 1 is 1.25 bits per heavy atom. The van der Waals surface area contributed by atoms with Crippen molar-refractivity contribution in [3.63, 3.8) is 0 Å². The molecule has 16 heavy (non-hydrogen) atoms. The van der Waals surface area contributed by atoms with Gasteiger partial charge in [-0.25, -0.2) is 4.39 Å². The Balaban J connectivity index is 2.63. The average Bonchev–Trinajstić information content (AvgIpc) is 2.22. The monoisotopic (exact) mass is 233 g/mol. The number of aryl methyl sites for hydroxylation is 1. The summed E-state index contributed by atoms with van der Waals surface area (Å²) in [4.78, 5) is 0. The molecule has 1 nitrogen and oxygen atoms in total. The molecule has 0 saturated heterocycles. The van der Waals surface area contributed by atoms with Crippen molar-refractivity contribution in [2.75, 3.05) is 6.54 Å². The number of hydrogen-bond acceptors (Lipinski definition) is 1. The lowest BCUT2D eigenvalue weighted by molar-refractivity contribution is -0.140. The van der Waals surface area contributed by atoms with Crippen LogP contribution in [0.5, 0.6) is 0 Å². The zero-order chi connectivity index (χ0) is 11.9. The van der Waals surface area contributed by atoms with Gasteiger partial charge in [-0.15, -0.1) is 0 Å². The number of halogens is 4. The van der Waals surface area contributed by atoms with Gasteiger partial charge in [0.2, 0.25) is 0 Å². The first kappa shape index (κ1) is 11.4. The standard InChI is InChI=1S/C11H11F4N/c1-6-4-9(11(13,14)15)10(12)7-2-3-16-5-8(6)7/h4,16H,2-3,5H2,1H3. The first-order valence-electron chi connectivity index (χ1n) is 5.00. The molecule has 0 radical (unpaired) electrons. The van der Waals surface area contributed by atoms with E-state index in [9.17, 15) is 17.6 Å². The van der Waals surface area contributed by atoms with E-state index in [-0.39, 0.29) is 5.56 Å². The minimum Gasteiger partial charge on any atom is -0.312 e. The van der Waals surface area contributed by atoms with Crippen molar-refractivity contribution in [2.45, 2.75) is 26.1 Å². The molecule has 0 spiro atoms. The predicted molar refractivity (Wildman–Crippen MR) is 51.5 cm³/mol. The Bertz CT molecular complexity index is 423. The van der Waals surface area contributed by atoms with Crippen molar-refractivity contribution < 1.29 is 17.6 Å². The van der Waals surface area contributed by atoms with Gasteiger partial charge < -0.3 is 5.32 Å². The molecule has 5 heteroatoms. The van der Waals surface area contributed by atoms with Gasteiger partial charge in [-0.3, -0.25) is 0 Å². The molecule has 1 aliphatic rings. The topological polar surface area (TPSA) is 12.0 Å². The van der Waals surface area contributed by atoms with Crippen LogP contribution in [0.25, 0.3) is 0 Å². The number of fused-ring (bicyclic) bond motifs is 1. The molecule has 0 amide bonds. The number of hydrogen-bond donors (Lipinski definition) is 1. The molecular formula is C11H11F4N. The molecule has 2 rings (SSSR count). The molecule has 1 aromatic carbocycles. The second-order valence-corrected chi connectivity index (χ2v) is 3.94. The van der Waals surface area contributed by atoms with Crippen LogP contribution in [0, 0.1) is 12.7 Å². The van der Waals surface area contributed by atoms with E-state index >= 15 is 0 Å². The predicted octanol–water partition coefficient (Wildman–Crippen LogP) is 2.80. The highest BCUT2D eigenvalue weighted by Crippen LogP contribution is 2.35. The van der Waals surface area contributed by atoms with Crippen LogP contribution in [-0.4, -0.2) is 6.54 Å². The second kappa shape index (κ2) is 3.73. The summed E-state index contributed by atoms with van der Waals surface area (Å²) in [6.45, 7) is 2.54. The summed E-state index contributed by atoms with van der Waals surface area (Å²) < 4.78 is 51.3. The number of nitrogens with one attached hydrogen (secondary N) is 1. The van der Waals surface area contributed by atoms with Gasteiger partial charge >= 0.3 is 6.18 Å². The maximum Gasteiger partial charge on any atom is 0.419 e. The van der Waals surface area contributed by atoms with E-state index in [4.69, 9.17) is 0 Å². The third-order valence-electron chi connectivity index (χ3n) is 2.86. The lowest BCUT2D eigenvalue weighted by Gasteiger charge is -2.22. The Morgan fingerprint density at radius 3 is 2.56 bits per heavy atom. The van der Waals surface area contributed by atoms with Crippen molar-refractivity contribution in [1.29, 1.82) is 0 Å². The van der Waals surface area contributed by atoms with Gasteiger partial charge in [0.15, 0.2) is 0 Å². The van der Waals surface area contributed by atoms with Crippen molar-refractivity contribution in [1.82, 2.24) is 5.32 Å². The fraction of sp³-hybridized carbons (Fsp3) is 0.455. The molecule has 0 saturated carbocycles. The minimum absolute atomic E-state index is 0.214. The maximum absolute atomic E-state index is 13.7. The van der Waals surface area contributed by atoms with Crippen LogP contribution in [0.1, 0.15) is 22.3 Å². The van der Waals surface area contributed by atoms with Crippen LogP contribution in [0.3, 0.4) is 0 Å². The molecule has 88 valence electrons. The zero-order valence-corrected chi connectivity index (χ0v) is 8.71. The van der Waals surface area contributed by atoms with Gasteiger partial charge in [-0.2, -0.15) is 13.2 Å². The van der Waals surface area contributed by atoms with Crippen LogP contribution in [-0.2, 0) is 19.1 Å². The summed E-state index contributed by atoms with van der Waals surface area (Å²) in [5.41, 5.74) is 0.226. The Kier molecular flexibility index (Phi) is 2.66. The van der Waals surface area contributed by atoms with Crippen LogP contribution in [0.4, 0.5) is 17.6 Å². The van der Waals surface area contributed by atoms with E-state index < -0.39 is 17.6 Å². The molecule has 1 aliphatic heterocycles. The van der Waals surface area contributed by atoms with Gasteiger partial charge in [0, 0.05) is 6.54 Å². The summed E-state index contributed by atoms with van der Waals surface area (Å²) in [5.74, 6) is -1.10. The van der Waals surface area contributed by atoms with Crippen molar-refractivity contribution >= 4 is 0 Å². The molecule has 0 bridgehead atoms. The number of alkyl halides is 3. The lowest BCUT2D eigenvalue weighted by atomic mass is 9.93. The highest BCUT2D eigenvalue weighted by Gasteiger charge is 2.36. The quantitative estimate of drug-likeness (QED) is 0.679. The van der Waals surface area contributed by atoms with E-state index in [0.29, 0.717) is 30.6 Å². The Morgan fingerprint density at radius 2 is 1.94 bits per heavy atom. The Hall–Kier alpha value is -1.10. The van der Waals surface area contributed by atoms with Gasteiger partial charge in [-0.1, -0.05) is 0 Å². The summed E-state index contributed by atoms with van der Waals surface area (Å²) in [6.07, 6.45) is -4.30. The third kappa shape index (κ3) is 1.80. The smallest absolute Gasteiger partial charge is 0.312 e. The van der Waals surface area contributed by atoms with Gasteiger partial charge in [-0.05, 0) is 42.6 Å². The molecule has 0 aromatic heterocycles. The summed E-state index contributed by atoms with van der Waals surface area (Å²) >= 11 is 0. The van der Waals surface area contributed by atoms with E-state index in [1.165, 1.54) is 0 Å². The highest BCUT2D eigenvalue weighted by molar-refractivity contribution is 5.42. The fourth-order valence-electron chi connectivity index (χ4n) is 2.04. The van der Waals surface area contributed by atoms with Crippen molar-refractivity contribution in [2.24, 2.45) is 0 Å². The number of benzene rings is 1. The lowest BCUT2D eigenvalue weighted by Crippen LogP contribution is -2.27. The molecule has 0 fully saturated rings. The Labute approximate surface area is 90.5 Å². The first-order valence-corrected chi connectivity index (χ1v) is 5.00. The molecule has 0 atom stereocenters. The number of rotatable bonds is 0. The zero-order valence-electron chi connectivity index (χ0n) is 8.71. The minimum atomic E-state index is -4.62. The SMILES string of the molecule is Cc1cc(C(F)(F)F)c(F)c2c1CNCC2. The normalized spacial score (nSPS) is 16.1. The molecule has 1 aromatic rings. The molecular weight excluding hydrogens is 222 g/mol. The van der Waals surface area contributed by atoms with E-state index in [1.54, 1.807) is 6.92 Å². The van der Waals surface area contributed by atoms with Crippen molar-refractivity contribution in [3.05, 3.63) is 34.1 Å². The molecule has 1 N–H and O–H groups in total. The van der Waals surface area contributed by atoms with Crippen LogP contribution in [0.2, 0.25) is 0 Å². The second-order valence-electron chi connectivity index (χ2n) is 3.94. The van der Waals surface area contributed by atoms with Crippen LogP contribution in [0.15, 0.2) is 6.07 Å². The largest absolute Gasteiger partial charge is 0.419 e. The van der Waals surface area contributed by atoms with Crippen molar-refractivity contribution in [3.8, 4) is 0 Å². The van der Waals surface area contributed by atoms with Gasteiger partial charge in [0.25, 0.3) is 0 Å². The summed E-state index contributed by atoms with van der Waals surface area (Å²) in [5, 5.41) is 3.02. The molecule has 0 aliphatic carbocycles. The van der Waals surface area contributed by atoms with E-state index in [0.717, 1.165) is 6.07 Å². The highest BCUT2D eigenvalue weighted by atomic mass is 19.4. The first-order chi connectivity index (χ1) is 7.41. The maximum atomic E-state index is 13.7. The average molecular weight is 233 g/mol. The van der Waals surface area contributed by atoms with E-state index in [2.05, 4.69) is 5.32 Å². The molecule has 0 unspecified atom stereocenters.